The quantitative estimate of drug-likeness (QED) is 0.744. The zero-order valence-corrected chi connectivity index (χ0v) is 8.64. The van der Waals surface area contributed by atoms with Gasteiger partial charge in [0.2, 0.25) is 0 Å². The maximum absolute atomic E-state index is 11.5. The summed E-state index contributed by atoms with van der Waals surface area (Å²) >= 11 is 0. The van der Waals surface area contributed by atoms with Gasteiger partial charge in [0.05, 0.1) is 0 Å². The fourth-order valence-corrected chi connectivity index (χ4v) is 1.57. The largest absolute Gasteiger partial charge is 0.374 e. The summed E-state index contributed by atoms with van der Waals surface area (Å²) in [7, 11) is 3.63. The van der Waals surface area contributed by atoms with Crippen LogP contribution in [0, 0.1) is 6.92 Å². The lowest BCUT2D eigenvalue weighted by molar-refractivity contribution is 0.838. The van der Waals surface area contributed by atoms with Gasteiger partial charge in [0.1, 0.15) is 5.82 Å². The number of aromatic nitrogens is 1. The van der Waals surface area contributed by atoms with E-state index in [1.807, 2.05) is 20.0 Å². The molecule has 0 amide bonds. The minimum Gasteiger partial charge on any atom is -0.374 e. The third-order valence-electron chi connectivity index (χ3n) is 2.29. The molecule has 3 nitrogen and oxygen atoms in total. The predicted molar refractivity (Wildman–Crippen MR) is 55.3 cm³/mol. The Morgan fingerprint density at radius 3 is 2.62 bits per heavy atom. The maximum Gasteiger partial charge on any atom is 0.254 e. The molecule has 1 N–H and O–H groups in total. The zero-order chi connectivity index (χ0) is 10.0. The Kier molecular flexibility index (Phi) is 2.76. The topological polar surface area (TPSA) is 34.0 Å². The SMILES string of the molecule is CCc1cc(C)c(=O)n(C)c1NC. The summed E-state index contributed by atoms with van der Waals surface area (Å²) in [6.07, 6.45) is 0.936. The van der Waals surface area contributed by atoms with E-state index in [2.05, 4.69) is 12.2 Å². The number of hydrogen-bond acceptors (Lipinski definition) is 2. The van der Waals surface area contributed by atoms with E-state index in [4.69, 9.17) is 0 Å². The Morgan fingerprint density at radius 2 is 2.15 bits per heavy atom. The van der Waals surface area contributed by atoms with Gasteiger partial charge in [-0.25, -0.2) is 0 Å². The number of nitrogens with one attached hydrogen (secondary N) is 1. The highest BCUT2D eigenvalue weighted by Gasteiger charge is 2.06. The first-order valence-corrected chi connectivity index (χ1v) is 4.49. The monoisotopic (exact) mass is 180 g/mol. The first kappa shape index (κ1) is 9.84. The molecular weight excluding hydrogens is 164 g/mol. The number of nitrogens with zero attached hydrogens (tertiary/aromatic N) is 1. The molecule has 13 heavy (non-hydrogen) atoms. The third-order valence-corrected chi connectivity index (χ3v) is 2.29. The lowest BCUT2D eigenvalue weighted by Crippen LogP contribution is -2.23. The molecule has 0 saturated heterocycles. The number of rotatable bonds is 2. The van der Waals surface area contributed by atoms with Crippen molar-refractivity contribution in [2.75, 3.05) is 12.4 Å². The van der Waals surface area contributed by atoms with E-state index in [-0.39, 0.29) is 5.56 Å². The van der Waals surface area contributed by atoms with E-state index in [1.54, 1.807) is 11.6 Å². The molecule has 1 heterocycles. The van der Waals surface area contributed by atoms with Gasteiger partial charge in [-0.3, -0.25) is 9.36 Å². The fourth-order valence-electron chi connectivity index (χ4n) is 1.57. The molecule has 0 fully saturated rings. The molecule has 0 saturated carbocycles. The highest BCUT2D eigenvalue weighted by atomic mass is 16.1. The highest BCUT2D eigenvalue weighted by molar-refractivity contribution is 5.46. The van der Waals surface area contributed by atoms with Crippen LogP contribution in [0.5, 0.6) is 0 Å². The number of aryl methyl sites for hydroxylation is 2. The summed E-state index contributed by atoms with van der Waals surface area (Å²) < 4.78 is 1.66. The lowest BCUT2D eigenvalue weighted by atomic mass is 10.1. The number of pyridine rings is 1. The number of hydrogen-bond donors (Lipinski definition) is 1. The van der Waals surface area contributed by atoms with Gasteiger partial charge in [0.25, 0.3) is 5.56 Å². The summed E-state index contributed by atoms with van der Waals surface area (Å²) in [5.41, 5.74) is 2.06. The second-order valence-corrected chi connectivity index (χ2v) is 3.17. The molecule has 0 aliphatic heterocycles. The Hall–Kier alpha value is -1.25. The summed E-state index contributed by atoms with van der Waals surface area (Å²) in [5.74, 6) is 0.915. The molecule has 1 rings (SSSR count). The van der Waals surface area contributed by atoms with Gasteiger partial charge in [0, 0.05) is 19.7 Å². The normalized spacial score (nSPS) is 10.2. The van der Waals surface area contributed by atoms with Crippen LogP contribution in [0.3, 0.4) is 0 Å². The van der Waals surface area contributed by atoms with Crippen LogP contribution in [0.2, 0.25) is 0 Å². The van der Waals surface area contributed by atoms with E-state index in [0.29, 0.717) is 0 Å². The van der Waals surface area contributed by atoms with Crippen LogP contribution >= 0.6 is 0 Å². The summed E-state index contributed by atoms with van der Waals surface area (Å²) in [6.45, 7) is 3.93. The Morgan fingerprint density at radius 1 is 1.54 bits per heavy atom. The van der Waals surface area contributed by atoms with Crippen molar-refractivity contribution in [2.45, 2.75) is 20.3 Å². The molecule has 3 heteroatoms. The molecule has 1 aromatic heterocycles. The van der Waals surface area contributed by atoms with E-state index in [1.165, 1.54) is 5.56 Å². The summed E-state index contributed by atoms with van der Waals surface area (Å²) in [5, 5.41) is 3.05. The smallest absolute Gasteiger partial charge is 0.254 e. The van der Waals surface area contributed by atoms with Gasteiger partial charge in [-0.15, -0.1) is 0 Å². The first-order chi connectivity index (χ1) is 6.11. The molecule has 0 radical (unpaired) electrons. The van der Waals surface area contributed by atoms with Gasteiger partial charge in [-0.2, -0.15) is 0 Å². The lowest BCUT2D eigenvalue weighted by Gasteiger charge is -2.13. The highest BCUT2D eigenvalue weighted by Crippen LogP contribution is 2.13. The molecule has 1 aromatic rings. The van der Waals surface area contributed by atoms with Crippen LogP contribution in [0.4, 0.5) is 5.82 Å². The van der Waals surface area contributed by atoms with E-state index < -0.39 is 0 Å². The van der Waals surface area contributed by atoms with E-state index in [0.717, 1.165) is 17.8 Å². The molecule has 0 bridgehead atoms. The first-order valence-electron chi connectivity index (χ1n) is 4.49. The molecule has 0 aromatic carbocycles. The van der Waals surface area contributed by atoms with Crippen molar-refractivity contribution < 1.29 is 0 Å². The van der Waals surface area contributed by atoms with Gasteiger partial charge in [-0.1, -0.05) is 6.92 Å². The van der Waals surface area contributed by atoms with Crippen LogP contribution < -0.4 is 10.9 Å². The zero-order valence-electron chi connectivity index (χ0n) is 8.64. The van der Waals surface area contributed by atoms with Gasteiger partial charge in [0.15, 0.2) is 0 Å². The molecule has 0 unspecified atom stereocenters. The van der Waals surface area contributed by atoms with Crippen molar-refractivity contribution in [1.82, 2.24) is 4.57 Å². The van der Waals surface area contributed by atoms with Crippen molar-refractivity contribution >= 4 is 5.82 Å². The van der Waals surface area contributed by atoms with Gasteiger partial charge < -0.3 is 5.32 Å². The van der Waals surface area contributed by atoms with Crippen LogP contribution in [-0.2, 0) is 13.5 Å². The predicted octanol–water partition coefficient (Wildman–Crippen LogP) is 1.30. The van der Waals surface area contributed by atoms with Crippen LogP contribution in [0.15, 0.2) is 10.9 Å². The van der Waals surface area contributed by atoms with Crippen molar-refractivity contribution in [3.05, 3.63) is 27.5 Å². The van der Waals surface area contributed by atoms with Crippen molar-refractivity contribution in [1.29, 1.82) is 0 Å². The van der Waals surface area contributed by atoms with E-state index >= 15 is 0 Å². The third kappa shape index (κ3) is 1.59. The molecule has 72 valence electrons. The van der Waals surface area contributed by atoms with Crippen LogP contribution in [0.1, 0.15) is 18.1 Å². The summed E-state index contributed by atoms with van der Waals surface area (Å²) in [4.78, 5) is 11.5. The Labute approximate surface area is 78.4 Å². The van der Waals surface area contributed by atoms with Crippen LogP contribution in [0.25, 0.3) is 0 Å². The molecule has 0 aliphatic carbocycles. The molecule has 0 aliphatic rings. The minimum atomic E-state index is 0.0709. The maximum atomic E-state index is 11.5. The average Bonchev–Trinajstić information content (AvgIpc) is 2.13. The van der Waals surface area contributed by atoms with Crippen molar-refractivity contribution in [2.24, 2.45) is 7.05 Å². The van der Waals surface area contributed by atoms with Gasteiger partial charge >= 0.3 is 0 Å². The van der Waals surface area contributed by atoms with Crippen molar-refractivity contribution in [3.8, 4) is 0 Å². The second-order valence-electron chi connectivity index (χ2n) is 3.17. The average molecular weight is 180 g/mol. The van der Waals surface area contributed by atoms with E-state index in [9.17, 15) is 4.79 Å². The molecular formula is C10H16N2O. The molecule has 0 atom stereocenters. The minimum absolute atomic E-state index is 0.0709. The summed E-state index contributed by atoms with van der Waals surface area (Å²) in [6, 6.07) is 1.95. The van der Waals surface area contributed by atoms with Crippen molar-refractivity contribution in [3.63, 3.8) is 0 Å². The van der Waals surface area contributed by atoms with Crippen LogP contribution in [-0.4, -0.2) is 11.6 Å². The Balaban J connectivity index is 3.48. The molecule has 0 spiro atoms. The number of anilines is 1. The Bertz CT molecular complexity index is 366. The van der Waals surface area contributed by atoms with Gasteiger partial charge in [-0.05, 0) is 25.0 Å². The fraction of sp³-hybridized carbons (Fsp3) is 0.500. The second kappa shape index (κ2) is 3.64. The standard InChI is InChI=1S/C10H16N2O/c1-5-8-6-7(2)10(13)12(4)9(8)11-3/h6,11H,5H2,1-4H3.